The number of benzene rings is 1. The van der Waals surface area contributed by atoms with Crippen molar-refractivity contribution in [3.63, 3.8) is 0 Å². The SMILES string of the molecule is CC(C)CNCC(C)(CC1Cc2ccccc2S1)C(C)C. The molecule has 2 unspecified atom stereocenters. The fourth-order valence-corrected chi connectivity index (χ4v) is 4.59. The van der Waals surface area contributed by atoms with Crippen LogP contribution in [0.25, 0.3) is 0 Å². The maximum absolute atomic E-state index is 3.69. The van der Waals surface area contributed by atoms with Crippen molar-refractivity contribution in [1.82, 2.24) is 5.32 Å². The number of rotatable bonds is 7. The summed E-state index contributed by atoms with van der Waals surface area (Å²) in [7, 11) is 0. The molecule has 0 saturated carbocycles. The molecule has 0 saturated heterocycles. The maximum Gasteiger partial charge on any atom is 0.0141 e. The molecule has 1 aliphatic rings. The fraction of sp³-hybridized carbons (Fsp3) is 0.684. The summed E-state index contributed by atoms with van der Waals surface area (Å²) in [6, 6.07) is 8.92. The number of fused-ring (bicyclic) bond motifs is 1. The highest BCUT2D eigenvalue weighted by atomic mass is 32.2. The summed E-state index contributed by atoms with van der Waals surface area (Å²) in [5, 5.41) is 4.44. The van der Waals surface area contributed by atoms with Crippen LogP contribution >= 0.6 is 11.8 Å². The van der Waals surface area contributed by atoms with Gasteiger partial charge in [-0.15, -0.1) is 11.8 Å². The van der Waals surface area contributed by atoms with Gasteiger partial charge >= 0.3 is 0 Å². The Bertz CT molecular complexity index is 430. The maximum atomic E-state index is 3.69. The van der Waals surface area contributed by atoms with Crippen LogP contribution in [0, 0.1) is 17.3 Å². The summed E-state index contributed by atoms with van der Waals surface area (Å²) in [5.41, 5.74) is 1.93. The molecule has 118 valence electrons. The van der Waals surface area contributed by atoms with E-state index in [1.807, 2.05) is 0 Å². The van der Waals surface area contributed by atoms with E-state index in [1.165, 1.54) is 17.7 Å². The molecule has 0 aliphatic carbocycles. The molecule has 1 heterocycles. The van der Waals surface area contributed by atoms with Crippen molar-refractivity contribution in [3.8, 4) is 0 Å². The highest BCUT2D eigenvalue weighted by molar-refractivity contribution is 8.00. The van der Waals surface area contributed by atoms with Gasteiger partial charge in [0.1, 0.15) is 0 Å². The van der Waals surface area contributed by atoms with Gasteiger partial charge in [0.2, 0.25) is 0 Å². The molecule has 0 radical (unpaired) electrons. The van der Waals surface area contributed by atoms with E-state index in [2.05, 4.69) is 76.0 Å². The smallest absolute Gasteiger partial charge is 0.0141 e. The van der Waals surface area contributed by atoms with E-state index in [9.17, 15) is 0 Å². The normalized spacial score (nSPS) is 20.8. The van der Waals surface area contributed by atoms with E-state index < -0.39 is 0 Å². The van der Waals surface area contributed by atoms with E-state index in [0.29, 0.717) is 11.3 Å². The third kappa shape index (κ3) is 4.50. The van der Waals surface area contributed by atoms with Gasteiger partial charge in [-0.25, -0.2) is 0 Å². The summed E-state index contributed by atoms with van der Waals surface area (Å²) >= 11 is 2.09. The largest absolute Gasteiger partial charge is 0.316 e. The van der Waals surface area contributed by atoms with E-state index in [1.54, 1.807) is 5.56 Å². The van der Waals surface area contributed by atoms with Crippen LogP contribution in [0.4, 0.5) is 0 Å². The van der Waals surface area contributed by atoms with Crippen LogP contribution in [-0.2, 0) is 6.42 Å². The lowest BCUT2D eigenvalue weighted by atomic mass is 9.74. The van der Waals surface area contributed by atoms with Crippen molar-refractivity contribution in [2.24, 2.45) is 17.3 Å². The Morgan fingerprint density at radius 3 is 2.57 bits per heavy atom. The second-order valence-corrected chi connectivity index (χ2v) is 8.93. The Kier molecular flexibility index (Phi) is 5.79. The van der Waals surface area contributed by atoms with Crippen LogP contribution in [0.3, 0.4) is 0 Å². The van der Waals surface area contributed by atoms with Crippen LogP contribution in [0.2, 0.25) is 0 Å². The van der Waals surface area contributed by atoms with Crippen molar-refractivity contribution in [3.05, 3.63) is 29.8 Å². The van der Waals surface area contributed by atoms with Crippen LogP contribution < -0.4 is 5.32 Å². The summed E-state index contributed by atoms with van der Waals surface area (Å²) in [4.78, 5) is 1.50. The van der Waals surface area contributed by atoms with Crippen LogP contribution in [-0.4, -0.2) is 18.3 Å². The van der Waals surface area contributed by atoms with Gasteiger partial charge in [0, 0.05) is 16.7 Å². The Morgan fingerprint density at radius 1 is 1.24 bits per heavy atom. The quantitative estimate of drug-likeness (QED) is 0.760. The molecule has 0 spiro atoms. The number of thioether (sulfide) groups is 1. The Morgan fingerprint density at radius 2 is 1.95 bits per heavy atom. The number of nitrogens with one attached hydrogen (secondary N) is 1. The molecule has 1 N–H and O–H groups in total. The van der Waals surface area contributed by atoms with Crippen molar-refractivity contribution in [1.29, 1.82) is 0 Å². The number of hydrogen-bond acceptors (Lipinski definition) is 2. The molecular formula is C19H31NS. The zero-order chi connectivity index (χ0) is 15.5. The van der Waals surface area contributed by atoms with Crippen molar-refractivity contribution in [2.45, 2.75) is 57.6 Å². The van der Waals surface area contributed by atoms with Gasteiger partial charge in [0.05, 0.1) is 0 Å². The third-order valence-electron chi connectivity index (χ3n) is 4.88. The average Bonchev–Trinajstić information content (AvgIpc) is 2.79. The number of hydrogen-bond donors (Lipinski definition) is 1. The third-order valence-corrected chi connectivity index (χ3v) is 6.20. The molecule has 2 atom stereocenters. The van der Waals surface area contributed by atoms with E-state index in [-0.39, 0.29) is 0 Å². The van der Waals surface area contributed by atoms with Gasteiger partial charge in [0.15, 0.2) is 0 Å². The highest BCUT2D eigenvalue weighted by Crippen LogP contribution is 2.44. The predicted octanol–water partition coefficient (Wildman–Crippen LogP) is 5.00. The van der Waals surface area contributed by atoms with E-state index >= 15 is 0 Å². The van der Waals surface area contributed by atoms with Gasteiger partial charge in [-0.2, -0.15) is 0 Å². The van der Waals surface area contributed by atoms with Gasteiger partial charge in [-0.3, -0.25) is 0 Å². The van der Waals surface area contributed by atoms with Gasteiger partial charge in [-0.1, -0.05) is 52.8 Å². The van der Waals surface area contributed by atoms with Crippen molar-refractivity contribution < 1.29 is 0 Å². The lowest BCUT2D eigenvalue weighted by Crippen LogP contribution is -2.39. The van der Waals surface area contributed by atoms with Gasteiger partial charge in [0.25, 0.3) is 0 Å². The molecule has 1 aliphatic heterocycles. The molecule has 1 aromatic rings. The molecule has 0 bridgehead atoms. The molecule has 0 aromatic heterocycles. The fourth-order valence-electron chi connectivity index (χ4n) is 3.05. The molecule has 0 fully saturated rings. The highest BCUT2D eigenvalue weighted by Gasteiger charge is 2.34. The minimum atomic E-state index is 0.384. The minimum absolute atomic E-state index is 0.384. The van der Waals surface area contributed by atoms with E-state index in [4.69, 9.17) is 0 Å². The first-order chi connectivity index (χ1) is 9.90. The first-order valence-corrected chi connectivity index (χ1v) is 9.24. The molecule has 1 aromatic carbocycles. The Balaban J connectivity index is 1.94. The summed E-state index contributed by atoms with van der Waals surface area (Å²) in [6.45, 7) is 14.0. The summed E-state index contributed by atoms with van der Waals surface area (Å²) < 4.78 is 0. The molecule has 1 nitrogen and oxygen atoms in total. The molecule has 0 amide bonds. The molecule has 2 heteroatoms. The van der Waals surface area contributed by atoms with Gasteiger partial charge < -0.3 is 5.32 Å². The summed E-state index contributed by atoms with van der Waals surface area (Å²) in [6.07, 6.45) is 2.54. The standard InChI is InChI=1S/C19H31NS/c1-14(2)12-20-13-19(5,15(3)4)11-17-10-16-8-6-7-9-18(16)21-17/h6-9,14-15,17,20H,10-13H2,1-5H3. The van der Waals surface area contributed by atoms with Crippen LogP contribution in [0.1, 0.15) is 46.6 Å². The Labute approximate surface area is 135 Å². The monoisotopic (exact) mass is 305 g/mol. The molecule has 21 heavy (non-hydrogen) atoms. The van der Waals surface area contributed by atoms with Crippen molar-refractivity contribution in [2.75, 3.05) is 13.1 Å². The molecular weight excluding hydrogens is 274 g/mol. The van der Waals surface area contributed by atoms with Crippen LogP contribution in [0.5, 0.6) is 0 Å². The van der Waals surface area contributed by atoms with Crippen molar-refractivity contribution >= 4 is 11.8 Å². The summed E-state index contributed by atoms with van der Waals surface area (Å²) in [5.74, 6) is 1.44. The zero-order valence-electron chi connectivity index (χ0n) is 14.3. The zero-order valence-corrected chi connectivity index (χ0v) is 15.1. The second-order valence-electron chi connectivity index (χ2n) is 7.59. The topological polar surface area (TPSA) is 12.0 Å². The predicted molar refractivity (Wildman–Crippen MR) is 95.1 cm³/mol. The van der Waals surface area contributed by atoms with E-state index in [0.717, 1.165) is 24.3 Å². The Hall–Kier alpha value is -0.470. The molecule has 2 rings (SSSR count). The minimum Gasteiger partial charge on any atom is -0.316 e. The lowest BCUT2D eigenvalue weighted by molar-refractivity contribution is 0.188. The first kappa shape index (κ1) is 16.9. The first-order valence-electron chi connectivity index (χ1n) is 8.36. The van der Waals surface area contributed by atoms with Crippen LogP contribution in [0.15, 0.2) is 29.2 Å². The lowest BCUT2D eigenvalue weighted by Gasteiger charge is -2.36. The second kappa shape index (κ2) is 7.19. The average molecular weight is 306 g/mol. The van der Waals surface area contributed by atoms with Gasteiger partial charge in [-0.05, 0) is 48.3 Å².